The molecule has 1 aliphatic heterocycles. The predicted octanol–water partition coefficient (Wildman–Crippen LogP) is 3.18. The third kappa shape index (κ3) is 4.50. The van der Waals surface area contributed by atoms with E-state index in [1.807, 2.05) is 0 Å². The van der Waals surface area contributed by atoms with Gasteiger partial charge in [0.15, 0.2) is 0 Å². The molecule has 15 heavy (non-hydrogen) atoms. The van der Waals surface area contributed by atoms with Gasteiger partial charge in [-0.25, -0.2) is 0 Å². The van der Waals surface area contributed by atoms with Gasteiger partial charge in [-0.3, -0.25) is 4.79 Å². The first-order valence-corrected chi connectivity index (χ1v) is 5.90. The highest BCUT2D eigenvalue weighted by molar-refractivity contribution is 5.71. The second-order valence-corrected chi connectivity index (χ2v) is 4.96. The number of allylic oxidation sites excluding steroid dienone is 2. The molecule has 0 amide bonds. The zero-order chi connectivity index (χ0) is 11.3. The van der Waals surface area contributed by atoms with E-state index in [-0.39, 0.29) is 5.97 Å². The summed E-state index contributed by atoms with van der Waals surface area (Å²) in [7, 11) is 0. The first-order valence-electron chi connectivity index (χ1n) is 5.90. The Kier molecular flexibility index (Phi) is 4.86. The van der Waals surface area contributed by atoms with E-state index in [1.165, 1.54) is 0 Å². The van der Waals surface area contributed by atoms with Gasteiger partial charge >= 0.3 is 5.97 Å². The monoisotopic (exact) mass is 210 g/mol. The van der Waals surface area contributed by atoms with Gasteiger partial charge in [0, 0.05) is 5.92 Å². The Morgan fingerprint density at radius 3 is 2.53 bits per heavy atom. The van der Waals surface area contributed by atoms with Gasteiger partial charge < -0.3 is 4.74 Å². The molecule has 0 saturated carbocycles. The van der Waals surface area contributed by atoms with Crippen LogP contribution in [0.15, 0.2) is 12.2 Å². The predicted molar refractivity (Wildman–Crippen MR) is 61.4 cm³/mol. The van der Waals surface area contributed by atoms with E-state index < -0.39 is 0 Å². The van der Waals surface area contributed by atoms with Crippen molar-refractivity contribution in [2.45, 2.75) is 40.0 Å². The zero-order valence-corrected chi connectivity index (χ0v) is 10.0. The molecule has 0 N–H and O–H groups in total. The molecule has 2 atom stereocenters. The fourth-order valence-electron chi connectivity index (χ4n) is 1.77. The van der Waals surface area contributed by atoms with Crippen molar-refractivity contribution in [3.05, 3.63) is 12.2 Å². The molecular weight excluding hydrogens is 188 g/mol. The average molecular weight is 210 g/mol. The second kappa shape index (κ2) is 5.94. The maximum atomic E-state index is 10.9. The fourth-order valence-corrected chi connectivity index (χ4v) is 1.77. The van der Waals surface area contributed by atoms with Crippen LogP contribution < -0.4 is 0 Å². The molecule has 1 saturated heterocycles. The summed E-state index contributed by atoms with van der Waals surface area (Å²) in [4.78, 5) is 10.9. The van der Waals surface area contributed by atoms with E-state index in [0.29, 0.717) is 24.9 Å². The lowest BCUT2D eigenvalue weighted by Gasteiger charge is -2.13. The van der Waals surface area contributed by atoms with Crippen molar-refractivity contribution >= 4 is 5.97 Å². The van der Waals surface area contributed by atoms with Crippen molar-refractivity contribution in [3.63, 3.8) is 0 Å². The third-order valence-corrected chi connectivity index (χ3v) is 2.97. The van der Waals surface area contributed by atoms with Gasteiger partial charge in [0.1, 0.15) is 0 Å². The van der Waals surface area contributed by atoms with Crippen LogP contribution in [0, 0.1) is 17.8 Å². The minimum Gasteiger partial charge on any atom is -0.465 e. The summed E-state index contributed by atoms with van der Waals surface area (Å²) in [5.74, 6) is 1.69. The molecule has 0 aromatic heterocycles. The Balaban J connectivity index is 2.21. The number of hydrogen-bond acceptors (Lipinski definition) is 2. The highest BCUT2D eigenvalue weighted by Crippen LogP contribution is 2.25. The van der Waals surface area contributed by atoms with E-state index in [2.05, 4.69) is 32.9 Å². The van der Waals surface area contributed by atoms with E-state index in [9.17, 15) is 4.79 Å². The Hall–Kier alpha value is -0.790. The summed E-state index contributed by atoms with van der Waals surface area (Å²) in [6, 6.07) is 0. The Labute approximate surface area is 92.7 Å². The van der Waals surface area contributed by atoms with Crippen molar-refractivity contribution in [1.82, 2.24) is 0 Å². The molecule has 0 aromatic carbocycles. The molecule has 2 nitrogen and oxygen atoms in total. The second-order valence-electron chi connectivity index (χ2n) is 4.96. The van der Waals surface area contributed by atoms with Crippen molar-refractivity contribution in [2.24, 2.45) is 17.8 Å². The molecule has 86 valence electrons. The Morgan fingerprint density at radius 2 is 2.00 bits per heavy atom. The Bertz CT molecular complexity index is 231. The largest absolute Gasteiger partial charge is 0.465 e. The smallest absolute Gasteiger partial charge is 0.306 e. The highest BCUT2D eigenvalue weighted by Gasteiger charge is 2.27. The molecule has 0 aliphatic carbocycles. The van der Waals surface area contributed by atoms with Crippen molar-refractivity contribution < 1.29 is 9.53 Å². The molecule has 0 aromatic rings. The van der Waals surface area contributed by atoms with Crippen molar-refractivity contribution in [1.29, 1.82) is 0 Å². The van der Waals surface area contributed by atoms with Gasteiger partial charge in [-0.1, -0.05) is 32.9 Å². The van der Waals surface area contributed by atoms with Gasteiger partial charge in [0.25, 0.3) is 0 Å². The van der Waals surface area contributed by atoms with Crippen LogP contribution in [0.5, 0.6) is 0 Å². The average Bonchev–Trinajstić information content (AvgIpc) is 2.59. The lowest BCUT2D eigenvalue weighted by atomic mass is 9.90. The number of hydrogen-bond donors (Lipinski definition) is 0. The van der Waals surface area contributed by atoms with E-state index in [1.54, 1.807) is 0 Å². The Morgan fingerprint density at radius 1 is 1.33 bits per heavy atom. The topological polar surface area (TPSA) is 26.3 Å². The van der Waals surface area contributed by atoms with Gasteiger partial charge in [-0.2, -0.15) is 0 Å². The summed E-state index contributed by atoms with van der Waals surface area (Å²) >= 11 is 0. The van der Waals surface area contributed by atoms with Crippen molar-refractivity contribution in [2.75, 3.05) is 6.61 Å². The minimum absolute atomic E-state index is 0.0296. The first kappa shape index (κ1) is 12.3. The molecule has 0 bridgehead atoms. The molecule has 1 rings (SSSR count). The van der Waals surface area contributed by atoms with Gasteiger partial charge in [-0.15, -0.1) is 0 Å². The van der Waals surface area contributed by atoms with E-state index in [0.717, 1.165) is 18.8 Å². The van der Waals surface area contributed by atoms with Gasteiger partial charge in [-0.05, 0) is 24.7 Å². The number of ether oxygens (including phenoxy) is 1. The fraction of sp³-hybridized carbons (Fsp3) is 0.769. The van der Waals surface area contributed by atoms with Gasteiger partial charge in [0.05, 0.1) is 13.0 Å². The SMILES string of the molecule is CC(C)C/C=C\CC(C)C1COC(=O)C1. The number of carbonyl (C=O) groups excluding carboxylic acids is 1. The maximum absolute atomic E-state index is 10.9. The van der Waals surface area contributed by atoms with Crippen LogP contribution in [-0.4, -0.2) is 12.6 Å². The summed E-state index contributed by atoms with van der Waals surface area (Å²) in [6.45, 7) is 7.26. The maximum Gasteiger partial charge on any atom is 0.306 e. The molecular formula is C13H22O2. The number of esters is 1. The van der Waals surface area contributed by atoms with Gasteiger partial charge in [0.2, 0.25) is 0 Å². The van der Waals surface area contributed by atoms with E-state index >= 15 is 0 Å². The first-order chi connectivity index (χ1) is 7.09. The van der Waals surface area contributed by atoms with Crippen LogP contribution in [-0.2, 0) is 9.53 Å². The van der Waals surface area contributed by atoms with E-state index in [4.69, 9.17) is 4.74 Å². The van der Waals surface area contributed by atoms with Crippen LogP contribution in [0.2, 0.25) is 0 Å². The van der Waals surface area contributed by atoms with Crippen LogP contribution in [0.3, 0.4) is 0 Å². The van der Waals surface area contributed by atoms with Crippen LogP contribution in [0.1, 0.15) is 40.0 Å². The summed E-state index contributed by atoms with van der Waals surface area (Å²) < 4.78 is 4.97. The summed E-state index contributed by atoms with van der Waals surface area (Å²) in [6.07, 6.45) is 7.31. The number of carbonyl (C=O) groups is 1. The molecule has 1 fully saturated rings. The molecule has 1 heterocycles. The summed E-state index contributed by atoms with van der Waals surface area (Å²) in [5, 5.41) is 0. The molecule has 2 heteroatoms. The third-order valence-electron chi connectivity index (χ3n) is 2.97. The van der Waals surface area contributed by atoms with Crippen LogP contribution in [0.4, 0.5) is 0 Å². The molecule has 0 radical (unpaired) electrons. The van der Waals surface area contributed by atoms with Crippen molar-refractivity contribution in [3.8, 4) is 0 Å². The van der Waals surface area contributed by atoms with Crippen LogP contribution >= 0.6 is 0 Å². The summed E-state index contributed by atoms with van der Waals surface area (Å²) in [5.41, 5.74) is 0. The quantitative estimate of drug-likeness (QED) is 0.514. The lowest BCUT2D eigenvalue weighted by Crippen LogP contribution is -2.10. The lowest BCUT2D eigenvalue weighted by molar-refractivity contribution is -0.137. The molecule has 0 spiro atoms. The number of rotatable bonds is 5. The number of cyclic esters (lactones) is 1. The highest BCUT2D eigenvalue weighted by atomic mass is 16.5. The molecule has 1 aliphatic rings. The normalized spacial score (nSPS) is 23.7. The minimum atomic E-state index is -0.0296. The standard InChI is InChI=1S/C13H22O2/c1-10(2)6-4-5-7-11(3)12-8-13(14)15-9-12/h4-5,10-12H,6-9H2,1-3H3/b5-4-. The van der Waals surface area contributed by atoms with Crippen LogP contribution in [0.25, 0.3) is 0 Å². The zero-order valence-electron chi connectivity index (χ0n) is 10.0. The molecule has 2 unspecified atom stereocenters.